The van der Waals surface area contributed by atoms with Gasteiger partial charge in [0.1, 0.15) is 11.6 Å². The van der Waals surface area contributed by atoms with Gasteiger partial charge < -0.3 is 10.6 Å². The summed E-state index contributed by atoms with van der Waals surface area (Å²) >= 11 is 0. The van der Waals surface area contributed by atoms with E-state index in [0.717, 1.165) is 31.4 Å². The van der Waals surface area contributed by atoms with E-state index < -0.39 is 17.5 Å². The Morgan fingerprint density at radius 2 is 2.12 bits per heavy atom. The topological polar surface area (TPSA) is 58.2 Å². The predicted molar refractivity (Wildman–Crippen MR) is 85.3 cm³/mol. The van der Waals surface area contributed by atoms with Gasteiger partial charge in [-0.05, 0) is 43.2 Å². The maximum absolute atomic E-state index is 13.7. The number of carbonyl (C=O) groups excluding carboxylic acids is 2. The predicted octanol–water partition coefficient (Wildman–Crippen LogP) is 2.78. The number of piperidine rings is 1. The van der Waals surface area contributed by atoms with Crippen molar-refractivity contribution in [3.63, 3.8) is 0 Å². The summed E-state index contributed by atoms with van der Waals surface area (Å²) in [5, 5.41) is 5.85. The van der Waals surface area contributed by atoms with Gasteiger partial charge >= 0.3 is 0 Å². The van der Waals surface area contributed by atoms with Gasteiger partial charge in [-0.1, -0.05) is 13.3 Å². The summed E-state index contributed by atoms with van der Waals surface area (Å²) in [6, 6.07) is 2.88. The Hall–Kier alpha value is -1.98. The van der Waals surface area contributed by atoms with E-state index in [-0.39, 0.29) is 23.6 Å². The Balaban J connectivity index is 1.65. The van der Waals surface area contributed by atoms with Crippen molar-refractivity contribution in [3.05, 3.63) is 35.4 Å². The molecule has 2 N–H and O–H groups in total. The van der Waals surface area contributed by atoms with Gasteiger partial charge in [0, 0.05) is 24.6 Å². The Bertz CT molecular complexity index is 650. The lowest BCUT2D eigenvalue weighted by molar-refractivity contribution is -0.127. The van der Waals surface area contributed by atoms with Crippen LogP contribution < -0.4 is 10.6 Å². The first-order chi connectivity index (χ1) is 11.5. The summed E-state index contributed by atoms with van der Waals surface area (Å²) in [6.45, 7) is 2.10. The summed E-state index contributed by atoms with van der Waals surface area (Å²) in [5.41, 5.74) is -0.155. The monoisotopic (exact) mass is 336 g/mol. The van der Waals surface area contributed by atoms with Crippen LogP contribution in [0.2, 0.25) is 0 Å². The summed E-state index contributed by atoms with van der Waals surface area (Å²) in [7, 11) is 0. The smallest absolute Gasteiger partial charge is 0.254 e. The molecule has 3 rings (SSSR count). The normalized spacial score (nSPS) is 29.5. The van der Waals surface area contributed by atoms with Crippen LogP contribution in [0.3, 0.4) is 0 Å². The van der Waals surface area contributed by atoms with Gasteiger partial charge in [0.25, 0.3) is 5.91 Å². The highest BCUT2D eigenvalue weighted by atomic mass is 19.1. The molecule has 4 unspecified atom stereocenters. The van der Waals surface area contributed by atoms with Crippen molar-refractivity contribution in [1.29, 1.82) is 0 Å². The number of benzene rings is 1. The van der Waals surface area contributed by atoms with Crippen LogP contribution in [0.1, 0.15) is 49.4 Å². The van der Waals surface area contributed by atoms with E-state index in [2.05, 4.69) is 17.6 Å². The van der Waals surface area contributed by atoms with E-state index in [0.29, 0.717) is 30.7 Å². The van der Waals surface area contributed by atoms with Gasteiger partial charge in [-0.3, -0.25) is 9.59 Å². The average Bonchev–Trinajstić information content (AvgIpc) is 2.53. The fraction of sp³-hybridized carbons (Fsp3) is 0.556. The molecular weight excluding hydrogens is 314 g/mol. The van der Waals surface area contributed by atoms with Crippen LogP contribution in [-0.2, 0) is 4.79 Å². The third kappa shape index (κ3) is 3.42. The third-order valence-electron chi connectivity index (χ3n) is 5.34. The van der Waals surface area contributed by atoms with Crippen LogP contribution in [0.15, 0.2) is 18.2 Å². The third-order valence-corrected chi connectivity index (χ3v) is 5.34. The molecule has 1 aliphatic heterocycles. The quantitative estimate of drug-likeness (QED) is 0.892. The molecule has 1 saturated carbocycles. The molecule has 0 aromatic heterocycles. The minimum atomic E-state index is -0.863. The van der Waals surface area contributed by atoms with Gasteiger partial charge in [0.05, 0.1) is 5.56 Å². The lowest BCUT2D eigenvalue weighted by atomic mass is 9.70. The van der Waals surface area contributed by atoms with Crippen LogP contribution >= 0.6 is 0 Å². The first-order valence-corrected chi connectivity index (χ1v) is 8.53. The molecular formula is C18H22F2N2O2. The van der Waals surface area contributed by atoms with Crippen molar-refractivity contribution in [2.24, 2.45) is 11.8 Å². The van der Waals surface area contributed by atoms with Gasteiger partial charge in [0.15, 0.2) is 0 Å². The maximum atomic E-state index is 13.7. The Kier molecular flexibility index (Phi) is 4.83. The van der Waals surface area contributed by atoms with Gasteiger partial charge in [0.2, 0.25) is 5.91 Å². The summed E-state index contributed by atoms with van der Waals surface area (Å²) in [6.07, 6.45) is 3.95. The zero-order valence-corrected chi connectivity index (χ0v) is 13.6. The van der Waals surface area contributed by atoms with Gasteiger partial charge in [-0.2, -0.15) is 0 Å². The van der Waals surface area contributed by atoms with Crippen LogP contribution in [-0.4, -0.2) is 23.9 Å². The van der Waals surface area contributed by atoms with E-state index >= 15 is 0 Å². The highest BCUT2D eigenvalue weighted by Crippen LogP contribution is 2.37. The van der Waals surface area contributed by atoms with Crippen LogP contribution in [0.5, 0.6) is 0 Å². The molecule has 0 bridgehead atoms. The second kappa shape index (κ2) is 6.87. The summed E-state index contributed by atoms with van der Waals surface area (Å²) in [5.74, 6) is -1.19. The second-order valence-corrected chi connectivity index (χ2v) is 6.82. The SMILES string of the molecule is CCC1CC(=O)NC2CC(NC(=O)c3ccc(F)cc3F)CCC12. The van der Waals surface area contributed by atoms with Crippen LogP contribution in [0.4, 0.5) is 8.78 Å². The number of hydrogen-bond acceptors (Lipinski definition) is 2. The molecule has 2 fully saturated rings. The number of hydrogen-bond donors (Lipinski definition) is 2. The molecule has 2 aliphatic rings. The highest BCUT2D eigenvalue weighted by molar-refractivity contribution is 5.94. The molecule has 1 saturated heterocycles. The van der Waals surface area contributed by atoms with Crippen molar-refractivity contribution in [3.8, 4) is 0 Å². The molecule has 0 radical (unpaired) electrons. The van der Waals surface area contributed by atoms with Gasteiger partial charge in [-0.25, -0.2) is 8.78 Å². The van der Waals surface area contributed by atoms with Crippen LogP contribution in [0, 0.1) is 23.5 Å². The van der Waals surface area contributed by atoms with Gasteiger partial charge in [-0.15, -0.1) is 0 Å². The van der Waals surface area contributed by atoms with Crippen molar-refractivity contribution < 1.29 is 18.4 Å². The zero-order chi connectivity index (χ0) is 17.3. The second-order valence-electron chi connectivity index (χ2n) is 6.82. The van der Waals surface area contributed by atoms with Crippen LogP contribution in [0.25, 0.3) is 0 Å². The molecule has 0 spiro atoms. The molecule has 1 aromatic carbocycles. The molecule has 2 amide bonds. The fourth-order valence-corrected chi connectivity index (χ4v) is 4.09. The van der Waals surface area contributed by atoms with Crippen molar-refractivity contribution >= 4 is 11.8 Å². The molecule has 6 heteroatoms. The maximum Gasteiger partial charge on any atom is 0.254 e. The Morgan fingerprint density at radius 1 is 1.33 bits per heavy atom. The number of halogens is 2. The molecule has 4 nitrogen and oxygen atoms in total. The minimum absolute atomic E-state index is 0.0633. The largest absolute Gasteiger partial charge is 0.353 e. The lowest BCUT2D eigenvalue weighted by Crippen LogP contribution is -2.55. The summed E-state index contributed by atoms with van der Waals surface area (Å²) in [4.78, 5) is 24.1. The van der Waals surface area contributed by atoms with E-state index in [1.807, 2.05) is 0 Å². The minimum Gasteiger partial charge on any atom is -0.353 e. The number of nitrogens with one attached hydrogen (secondary N) is 2. The molecule has 130 valence electrons. The van der Waals surface area contributed by atoms with E-state index in [4.69, 9.17) is 0 Å². The van der Waals surface area contributed by atoms with E-state index in [1.165, 1.54) is 0 Å². The molecule has 24 heavy (non-hydrogen) atoms. The van der Waals surface area contributed by atoms with Crippen molar-refractivity contribution in [2.75, 3.05) is 0 Å². The summed E-state index contributed by atoms with van der Waals surface area (Å²) < 4.78 is 26.7. The average molecular weight is 336 g/mol. The van der Waals surface area contributed by atoms with Crippen molar-refractivity contribution in [1.82, 2.24) is 10.6 Å². The lowest BCUT2D eigenvalue weighted by Gasteiger charge is -2.44. The standard InChI is InChI=1S/C18H22F2N2O2/c1-2-10-7-17(23)22-16-9-12(4-6-13(10)16)21-18(24)14-5-3-11(19)8-15(14)20/h3,5,8,10,12-13,16H,2,4,6-7,9H2,1H3,(H,21,24)(H,22,23). The Labute approximate surface area is 140 Å². The number of rotatable bonds is 3. The fourth-order valence-electron chi connectivity index (χ4n) is 4.09. The first-order valence-electron chi connectivity index (χ1n) is 8.53. The number of carbonyl (C=O) groups is 2. The van der Waals surface area contributed by atoms with Crippen molar-refractivity contribution in [2.45, 2.75) is 51.1 Å². The molecule has 1 aliphatic carbocycles. The molecule has 1 aromatic rings. The van der Waals surface area contributed by atoms with E-state index in [1.54, 1.807) is 0 Å². The number of fused-ring (bicyclic) bond motifs is 1. The first kappa shape index (κ1) is 16.9. The highest BCUT2D eigenvalue weighted by Gasteiger charge is 2.40. The zero-order valence-electron chi connectivity index (χ0n) is 13.6. The molecule has 1 heterocycles. The van der Waals surface area contributed by atoms with E-state index in [9.17, 15) is 18.4 Å². The Morgan fingerprint density at radius 3 is 2.83 bits per heavy atom. The molecule has 4 atom stereocenters. The number of amides is 2.